The van der Waals surface area contributed by atoms with Crippen LogP contribution in [0.1, 0.15) is 333 Å². The molecule has 29 nitrogen and oxygen atoms in total. The number of aromatic carboxylic acids is 1. The molecule has 2 N–H and O–H groups in total. The summed E-state index contributed by atoms with van der Waals surface area (Å²) in [5.41, 5.74) is 19.4. The first kappa shape index (κ1) is 113. The summed E-state index contributed by atoms with van der Waals surface area (Å²) in [6.45, 7) is 49.1. The Morgan fingerprint density at radius 1 is 0.396 bits per heavy atom. The van der Waals surface area contributed by atoms with Gasteiger partial charge in [-0.05, 0) is 293 Å². The molecule has 1 aliphatic carbocycles. The summed E-state index contributed by atoms with van der Waals surface area (Å²) in [7, 11) is 0. The number of carboxylic acid groups (broad SMARTS) is 1. The highest BCUT2D eigenvalue weighted by Crippen LogP contribution is 2.45. The van der Waals surface area contributed by atoms with Crippen molar-refractivity contribution in [1.82, 2.24) is 9.80 Å². The molecule has 5 aromatic heterocycles. The van der Waals surface area contributed by atoms with Crippen molar-refractivity contribution in [3.63, 3.8) is 0 Å². The molecule has 10 aromatic rings. The number of piperidine rings is 2. The highest BCUT2D eigenvalue weighted by Gasteiger charge is 2.37. The lowest BCUT2D eigenvalue weighted by Crippen LogP contribution is -2.40. The molecule has 0 spiro atoms. The standard InChI is InChI=1S/C34H46N2O4.C24H34N2O4.C21H29NO5.C21H27NO5.C20H27NO4/c1-5-27-30(36(6-2)25-12-16-39-17-13-25)21-33-29(20-26(40-33)22-35-14-8-7-9-15-35)34(27)31(37)11-10-28-24(4)18-23(3)19-32(28)38;1-3-19-21(26(4-2)17-8-12-29-13-9-17)15-22-20(23(19)24(27)28)14-18(30-22)16-25-10-6-5-7-11-25;2*1-4-16-18(22(5-2)14-7-9-25-10-8-14)12-19-17(11-15(13-23)27-19)20(16)21(24)26-6-3;1-4-15-17(21(5-2)14-7-10-23-11-8-14)13-18-16(9-12-25-18)19(15)20(22)24-6-3/h18,20-21,25H,5-17,19,22H2,1-4H3;14-15,17H,3-13,16H2,1-2H3,(H,27,28);11-12,14,23H,4-10,13H2,1-3H3;11-14H,4-10H2,1-3H3;9,12-14H,4-8,10-11H2,1-3H3. The van der Waals surface area contributed by atoms with Crippen LogP contribution >= 0.6 is 0 Å². The molecule has 29 heteroatoms. The zero-order chi connectivity index (χ0) is 106. The van der Waals surface area contributed by atoms with Gasteiger partial charge < -0.3 is 94.7 Å². The number of nitrogens with zero attached hydrogens (tertiary/aromatic N) is 7. The topological polar surface area (TPSA) is 322 Å². The number of ether oxygens (including phenoxy) is 8. The molecule has 7 saturated heterocycles. The Morgan fingerprint density at radius 3 is 1.05 bits per heavy atom. The van der Waals surface area contributed by atoms with Crippen LogP contribution in [0.5, 0.6) is 0 Å². The molecule has 0 saturated carbocycles. The number of carboxylic acids is 1. The van der Waals surface area contributed by atoms with Crippen molar-refractivity contribution >= 4 is 125 Å². The molecule has 0 amide bonds. The average molecular weight is 2060 g/mol. The van der Waals surface area contributed by atoms with E-state index in [4.69, 9.17) is 60.0 Å². The molecule has 7 aliphatic heterocycles. The van der Waals surface area contributed by atoms with Gasteiger partial charge in [-0.3, -0.25) is 24.2 Å². The smallest absolute Gasteiger partial charge is 0.339 e. The van der Waals surface area contributed by atoms with Crippen LogP contribution < -0.4 is 24.5 Å². The van der Waals surface area contributed by atoms with Gasteiger partial charge in [0, 0.05) is 233 Å². The summed E-state index contributed by atoms with van der Waals surface area (Å²) in [5, 5.41) is 23.5. The zero-order valence-corrected chi connectivity index (χ0v) is 91.2. The lowest BCUT2D eigenvalue weighted by molar-refractivity contribution is -0.115. The van der Waals surface area contributed by atoms with Crippen molar-refractivity contribution < 1.29 is 104 Å². The number of hydrogen-bond donors (Lipinski definition) is 2. The first-order valence-electron chi connectivity index (χ1n) is 55.8. The first-order chi connectivity index (χ1) is 72.5. The Labute approximate surface area is 879 Å². The molecular weight excluding hydrogens is 1890 g/mol. The van der Waals surface area contributed by atoms with Gasteiger partial charge >= 0.3 is 23.9 Å². The number of carbonyl (C=O) groups excluding carboxylic acids is 6. The Hall–Kier alpha value is -11.2. The summed E-state index contributed by atoms with van der Waals surface area (Å²) in [5.74, 6) is 0.871. The van der Waals surface area contributed by atoms with Crippen molar-refractivity contribution in [1.29, 1.82) is 0 Å². The molecule has 0 radical (unpaired) electrons. The second-order valence-electron chi connectivity index (χ2n) is 40.0. The molecule has 12 heterocycles. The van der Waals surface area contributed by atoms with Gasteiger partial charge in [0.15, 0.2) is 23.6 Å². The molecule has 18 rings (SSSR count). The van der Waals surface area contributed by atoms with Crippen LogP contribution in [0.3, 0.4) is 0 Å². The van der Waals surface area contributed by atoms with Crippen LogP contribution in [-0.2, 0) is 94.5 Å². The Bertz CT molecular complexity index is 6240. The number of rotatable bonds is 37. The van der Waals surface area contributed by atoms with Gasteiger partial charge in [0.25, 0.3) is 0 Å². The van der Waals surface area contributed by atoms with Crippen molar-refractivity contribution in [3.05, 3.63) is 168 Å². The number of allylic oxidation sites excluding steroid dienone is 4. The number of likely N-dealkylation sites (tertiary alicyclic amines) is 2. The van der Waals surface area contributed by atoms with Gasteiger partial charge in [-0.15, -0.1) is 0 Å². The van der Waals surface area contributed by atoms with Crippen LogP contribution in [0.25, 0.3) is 54.8 Å². The fourth-order valence-corrected chi connectivity index (χ4v) is 24.0. The van der Waals surface area contributed by atoms with E-state index < -0.39 is 5.97 Å². The molecule has 5 aromatic carbocycles. The van der Waals surface area contributed by atoms with Crippen molar-refractivity contribution in [2.75, 3.05) is 169 Å². The van der Waals surface area contributed by atoms with E-state index in [1.165, 1.54) is 38.5 Å². The lowest BCUT2D eigenvalue weighted by Gasteiger charge is -2.37. The maximum atomic E-state index is 14.2. The van der Waals surface area contributed by atoms with E-state index >= 15 is 0 Å². The summed E-state index contributed by atoms with van der Waals surface area (Å²) in [6.07, 6.45) is 26.5. The fraction of sp³-hybridized carbons (Fsp3) is 0.575. The minimum atomic E-state index is -0.868. The van der Waals surface area contributed by atoms with Gasteiger partial charge in [-0.1, -0.05) is 59.1 Å². The van der Waals surface area contributed by atoms with Crippen LogP contribution in [0.15, 0.2) is 112 Å². The predicted molar refractivity (Wildman–Crippen MR) is 586 cm³/mol. The number of benzene rings is 5. The molecule has 149 heavy (non-hydrogen) atoms. The second kappa shape index (κ2) is 55.2. The largest absolute Gasteiger partial charge is 0.478 e. The average Bonchev–Trinajstić information content (AvgIpc) is 1.71. The van der Waals surface area contributed by atoms with Gasteiger partial charge in [0.2, 0.25) is 0 Å². The third kappa shape index (κ3) is 26.8. The van der Waals surface area contributed by atoms with E-state index in [2.05, 4.69) is 120 Å². The normalized spacial score (nSPS) is 17.1. The number of esters is 3. The van der Waals surface area contributed by atoms with E-state index in [0.29, 0.717) is 150 Å². The third-order valence-corrected chi connectivity index (χ3v) is 31.0. The van der Waals surface area contributed by atoms with E-state index in [9.17, 15) is 43.8 Å². The predicted octanol–water partition coefficient (Wildman–Crippen LogP) is 23.7. The quantitative estimate of drug-likeness (QED) is 0.0158. The summed E-state index contributed by atoms with van der Waals surface area (Å²) in [4.78, 5) is 106. The Kier molecular flexibility index (Phi) is 42.0. The van der Waals surface area contributed by atoms with Gasteiger partial charge in [0.1, 0.15) is 51.8 Å². The molecule has 7 fully saturated rings. The van der Waals surface area contributed by atoms with Crippen LogP contribution in [0.4, 0.5) is 28.4 Å². The SMILES string of the molecule is CCOC(=O)c1c(CC)c(N(CC)C2CCOCC2)cc2oc(C=O)cc12.CCOC(=O)c1c(CC)c(N(CC)C2CCOCC2)cc2oc(CO)cc12.CCOC(=O)c1c(CC)c(N(CC)C2CCOCC2)cc2occc12.CCc1c(N(CC)C2CCOCC2)cc2oc(CN3CCCCC3)cc2c1C(=O)CCC1=C(C)C=C(C)CC1=O.CCc1c(N(CC)C2CCOCC2)cc2oc(CN3CCCCC3)cc2c1C(=O)O. The van der Waals surface area contributed by atoms with E-state index in [-0.39, 0.29) is 41.8 Å². The number of furan rings is 5. The van der Waals surface area contributed by atoms with Gasteiger partial charge in [-0.25, -0.2) is 19.2 Å². The number of aldehydes is 1. The number of hydrogen-bond acceptors (Lipinski definition) is 28. The number of anilines is 5. The summed E-state index contributed by atoms with van der Waals surface area (Å²) >= 11 is 0. The van der Waals surface area contributed by atoms with Crippen LogP contribution in [0, 0.1) is 0 Å². The Morgan fingerprint density at radius 2 is 0.711 bits per heavy atom. The molecule has 0 atom stereocenters. The summed E-state index contributed by atoms with van der Waals surface area (Å²) in [6, 6.07) is 21.5. The number of Topliss-reactive ketones (excluding diaryl/α,β-unsaturated/α-hetero) is 2. The maximum absolute atomic E-state index is 14.2. The molecule has 8 aliphatic rings. The minimum Gasteiger partial charge on any atom is -0.478 e. The monoisotopic (exact) mass is 2050 g/mol. The fourth-order valence-electron chi connectivity index (χ4n) is 24.0. The number of aliphatic hydroxyl groups excluding tert-OH is 1. The van der Waals surface area contributed by atoms with Crippen molar-refractivity contribution in [3.8, 4) is 0 Å². The molecule has 810 valence electrons. The number of ketones is 2. The zero-order valence-electron chi connectivity index (χ0n) is 91.2. The first-order valence-corrected chi connectivity index (χ1v) is 55.8. The number of carbonyl (C=O) groups is 7. The van der Waals surface area contributed by atoms with Gasteiger partial charge in [-0.2, -0.15) is 0 Å². The van der Waals surface area contributed by atoms with E-state index in [1.54, 1.807) is 32.2 Å². The van der Waals surface area contributed by atoms with E-state index in [1.807, 2.05) is 58.9 Å². The van der Waals surface area contributed by atoms with Crippen molar-refractivity contribution in [2.45, 2.75) is 308 Å². The minimum absolute atomic E-state index is 0.108. The second-order valence-corrected chi connectivity index (χ2v) is 40.0. The van der Waals surface area contributed by atoms with Crippen molar-refractivity contribution in [2.24, 2.45) is 0 Å². The van der Waals surface area contributed by atoms with Crippen LogP contribution in [0.2, 0.25) is 0 Å². The maximum Gasteiger partial charge on any atom is 0.339 e. The molecule has 0 bridgehead atoms. The number of fused-ring (bicyclic) bond motifs is 5. The van der Waals surface area contributed by atoms with Gasteiger partial charge in [0.05, 0.1) is 61.4 Å². The third-order valence-electron chi connectivity index (χ3n) is 31.0. The lowest BCUT2D eigenvalue weighted by atomic mass is 9.87. The highest BCUT2D eigenvalue weighted by atomic mass is 16.5. The summed E-state index contributed by atoms with van der Waals surface area (Å²) < 4.78 is 73.7. The highest BCUT2D eigenvalue weighted by molar-refractivity contribution is 6.13. The van der Waals surface area contributed by atoms with E-state index in [0.717, 1.165) is 332 Å². The molecular formula is C120H163N7O22. The van der Waals surface area contributed by atoms with Crippen LogP contribution in [-0.4, -0.2) is 237 Å². The Balaban J connectivity index is 0.000000148. The molecule has 0 unspecified atom stereocenters. The number of aliphatic hydroxyl groups is 1.